The van der Waals surface area contributed by atoms with Gasteiger partial charge in [0.05, 0.1) is 26.4 Å². The van der Waals surface area contributed by atoms with E-state index in [0.29, 0.717) is 66.8 Å². The van der Waals surface area contributed by atoms with Crippen LogP contribution in [-0.2, 0) is 11.3 Å². The molecule has 0 radical (unpaired) electrons. The number of benzene rings is 1. The van der Waals surface area contributed by atoms with E-state index in [1.807, 2.05) is 4.90 Å². The number of aromatic nitrogens is 4. The van der Waals surface area contributed by atoms with Gasteiger partial charge in [0.2, 0.25) is 5.91 Å². The van der Waals surface area contributed by atoms with E-state index in [2.05, 4.69) is 25.1 Å². The second-order valence-electron chi connectivity index (χ2n) is 9.16. The fourth-order valence-electron chi connectivity index (χ4n) is 4.34. The van der Waals surface area contributed by atoms with Crippen LogP contribution in [0.3, 0.4) is 0 Å². The summed E-state index contributed by atoms with van der Waals surface area (Å²) >= 11 is 0. The maximum absolute atomic E-state index is 13.2. The first-order valence-corrected chi connectivity index (χ1v) is 11.9. The number of piperazine rings is 1. The Labute approximate surface area is 202 Å². The molecule has 3 heterocycles. The molecule has 0 unspecified atom stereocenters. The molecular formula is C24H29N7O4. The third-order valence-corrected chi connectivity index (χ3v) is 6.58. The fourth-order valence-corrected chi connectivity index (χ4v) is 4.34. The molecule has 0 spiro atoms. The molecule has 2 aromatic heterocycles. The summed E-state index contributed by atoms with van der Waals surface area (Å²) in [5.74, 6) is 1.65. The van der Waals surface area contributed by atoms with E-state index in [1.165, 1.54) is 6.20 Å². The Morgan fingerprint density at radius 3 is 2.57 bits per heavy atom. The summed E-state index contributed by atoms with van der Waals surface area (Å²) in [4.78, 5) is 51.2. The average molecular weight is 480 g/mol. The zero-order valence-electron chi connectivity index (χ0n) is 19.7. The third-order valence-electron chi connectivity index (χ3n) is 6.58. The van der Waals surface area contributed by atoms with Gasteiger partial charge in [0, 0.05) is 38.3 Å². The monoisotopic (exact) mass is 479 g/mol. The Kier molecular flexibility index (Phi) is 6.49. The molecule has 1 saturated heterocycles. The standard InChI is InChI=1S/C24H29N7O4/c1-35-18-6-4-17(5-7-18)24(34)30-10-8-29(9-11-30)15-21(32)31(13-16-2-3-16)14-20-26-19-12-25-28-22(19)23(33)27-20/h4-7,12,16H,2-3,8-11,13-15H2,1H3,(H,25,28)(H,26,27,33). The summed E-state index contributed by atoms with van der Waals surface area (Å²) in [7, 11) is 1.59. The van der Waals surface area contributed by atoms with Crippen molar-refractivity contribution in [2.45, 2.75) is 19.4 Å². The van der Waals surface area contributed by atoms with Crippen LogP contribution < -0.4 is 10.3 Å². The number of hydrogen-bond donors (Lipinski definition) is 2. The lowest BCUT2D eigenvalue weighted by atomic mass is 10.1. The van der Waals surface area contributed by atoms with Gasteiger partial charge in [-0.2, -0.15) is 5.10 Å². The predicted octanol–water partition coefficient (Wildman–Crippen LogP) is 0.851. The highest BCUT2D eigenvalue weighted by atomic mass is 16.5. The Hall–Kier alpha value is -3.73. The molecule has 3 aromatic rings. The van der Waals surface area contributed by atoms with Crippen LogP contribution in [0.4, 0.5) is 0 Å². The smallest absolute Gasteiger partial charge is 0.276 e. The van der Waals surface area contributed by atoms with Crippen molar-refractivity contribution in [3.8, 4) is 5.75 Å². The van der Waals surface area contributed by atoms with Crippen LogP contribution in [0, 0.1) is 5.92 Å². The molecule has 5 rings (SSSR count). The number of hydrogen-bond acceptors (Lipinski definition) is 7. The first-order valence-electron chi connectivity index (χ1n) is 11.9. The number of nitrogens with one attached hydrogen (secondary N) is 2. The minimum Gasteiger partial charge on any atom is -0.497 e. The molecule has 2 amide bonds. The van der Waals surface area contributed by atoms with Gasteiger partial charge in [-0.3, -0.25) is 24.4 Å². The topological polar surface area (TPSA) is 128 Å². The fraction of sp³-hybridized carbons (Fsp3) is 0.458. The van der Waals surface area contributed by atoms with Crippen molar-refractivity contribution in [2.75, 3.05) is 46.4 Å². The lowest BCUT2D eigenvalue weighted by Crippen LogP contribution is -2.51. The van der Waals surface area contributed by atoms with E-state index >= 15 is 0 Å². The van der Waals surface area contributed by atoms with Gasteiger partial charge < -0.3 is 19.5 Å². The van der Waals surface area contributed by atoms with Gasteiger partial charge in [-0.1, -0.05) is 0 Å². The second-order valence-corrected chi connectivity index (χ2v) is 9.16. The summed E-state index contributed by atoms with van der Waals surface area (Å²) in [5, 5.41) is 6.51. The summed E-state index contributed by atoms with van der Waals surface area (Å²) in [6, 6.07) is 7.10. The maximum atomic E-state index is 13.2. The Morgan fingerprint density at radius 1 is 1.14 bits per heavy atom. The average Bonchev–Trinajstić information content (AvgIpc) is 3.56. The lowest BCUT2D eigenvalue weighted by Gasteiger charge is -2.35. The van der Waals surface area contributed by atoms with Crippen LogP contribution in [0.5, 0.6) is 5.75 Å². The minimum atomic E-state index is -0.293. The van der Waals surface area contributed by atoms with Gasteiger partial charge in [0.25, 0.3) is 11.5 Å². The van der Waals surface area contributed by atoms with Crippen LogP contribution in [0.2, 0.25) is 0 Å². The van der Waals surface area contributed by atoms with E-state index in [1.54, 1.807) is 36.3 Å². The van der Waals surface area contributed by atoms with Gasteiger partial charge in [-0.25, -0.2) is 4.98 Å². The zero-order valence-corrected chi connectivity index (χ0v) is 19.7. The van der Waals surface area contributed by atoms with Gasteiger partial charge in [-0.15, -0.1) is 0 Å². The summed E-state index contributed by atoms with van der Waals surface area (Å²) in [5.41, 5.74) is 1.15. The van der Waals surface area contributed by atoms with Crippen molar-refractivity contribution in [3.63, 3.8) is 0 Å². The number of aromatic amines is 2. The van der Waals surface area contributed by atoms with Crippen molar-refractivity contribution in [1.82, 2.24) is 34.9 Å². The number of carbonyl (C=O) groups excluding carboxylic acids is 2. The third kappa shape index (κ3) is 5.35. The molecule has 1 aliphatic carbocycles. The molecule has 11 heteroatoms. The maximum Gasteiger partial charge on any atom is 0.276 e. The van der Waals surface area contributed by atoms with Crippen LogP contribution in [0.15, 0.2) is 35.3 Å². The van der Waals surface area contributed by atoms with Gasteiger partial charge in [0.15, 0.2) is 0 Å². The molecule has 2 N–H and O–H groups in total. The van der Waals surface area contributed by atoms with Crippen molar-refractivity contribution >= 4 is 22.8 Å². The zero-order chi connectivity index (χ0) is 24.4. The molecule has 0 bridgehead atoms. The second kappa shape index (κ2) is 9.87. The number of rotatable bonds is 8. The van der Waals surface area contributed by atoms with E-state index < -0.39 is 0 Å². The summed E-state index contributed by atoms with van der Waals surface area (Å²) in [6.07, 6.45) is 3.73. The molecule has 1 aliphatic heterocycles. The lowest BCUT2D eigenvalue weighted by molar-refractivity contribution is -0.133. The normalized spacial score (nSPS) is 16.4. The Morgan fingerprint density at radius 2 is 1.89 bits per heavy atom. The molecule has 0 atom stereocenters. The van der Waals surface area contributed by atoms with Gasteiger partial charge >= 0.3 is 0 Å². The number of carbonyl (C=O) groups is 2. The molecule has 1 saturated carbocycles. The number of nitrogens with zero attached hydrogens (tertiary/aromatic N) is 5. The van der Waals surface area contributed by atoms with E-state index in [-0.39, 0.29) is 30.5 Å². The first-order chi connectivity index (χ1) is 17.0. The van der Waals surface area contributed by atoms with Gasteiger partial charge in [-0.05, 0) is 43.0 Å². The van der Waals surface area contributed by atoms with Crippen molar-refractivity contribution in [3.05, 3.63) is 52.2 Å². The Balaban J connectivity index is 1.18. The highest BCUT2D eigenvalue weighted by Gasteiger charge is 2.29. The first kappa shape index (κ1) is 23.0. The highest BCUT2D eigenvalue weighted by Crippen LogP contribution is 2.30. The van der Waals surface area contributed by atoms with E-state index in [0.717, 1.165) is 12.8 Å². The summed E-state index contributed by atoms with van der Waals surface area (Å²) < 4.78 is 5.16. The van der Waals surface area contributed by atoms with Crippen LogP contribution in [-0.4, -0.2) is 93.1 Å². The van der Waals surface area contributed by atoms with E-state index in [9.17, 15) is 14.4 Å². The number of H-pyrrole nitrogens is 2. The minimum absolute atomic E-state index is 0.00164. The highest BCUT2D eigenvalue weighted by molar-refractivity contribution is 5.94. The van der Waals surface area contributed by atoms with Crippen molar-refractivity contribution in [2.24, 2.45) is 5.92 Å². The van der Waals surface area contributed by atoms with Crippen molar-refractivity contribution in [1.29, 1.82) is 0 Å². The largest absolute Gasteiger partial charge is 0.497 e. The number of fused-ring (bicyclic) bond motifs is 1. The molecule has 2 aliphatic rings. The van der Waals surface area contributed by atoms with Crippen LogP contribution >= 0.6 is 0 Å². The number of methoxy groups -OCH3 is 1. The quantitative estimate of drug-likeness (QED) is 0.490. The van der Waals surface area contributed by atoms with Crippen LogP contribution in [0.25, 0.3) is 11.0 Å². The molecule has 1 aromatic carbocycles. The number of amides is 2. The molecule has 184 valence electrons. The molecule has 11 nitrogen and oxygen atoms in total. The predicted molar refractivity (Wildman–Crippen MR) is 128 cm³/mol. The molecular weight excluding hydrogens is 450 g/mol. The molecule has 2 fully saturated rings. The molecule has 35 heavy (non-hydrogen) atoms. The number of ether oxygens (including phenoxy) is 1. The summed E-state index contributed by atoms with van der Waals surface area (Å²) in [6.45, 7) is 3.56. The van der Waals surface area contributed by atoms with Crippen LogP contribution in [0.1, 0.15) is 29.0 Å². The van der Waals surface area contributed by atoms with E-state index in [4.69, 9.17) is 4.74 Å². The van der Waals surface area contributed by atoms with Crippen molar-refractivity contribution < 1.29 is 14.3 Å². The SMILES string of the molecule is COc1ccc(C(=O)N2CCN(CC(=O)N(Cc3nc4cn[nH]c4c(=O)[nH]3)CC3CC3)CC2)cc1. The van der Waals surface area contributed by atoms with Gasteiger partial charge in [0.1, 0.15) is 22.6 Å². The Bertz CT molecular complexity index is 1260.